The lowest BCUT2D eigenvalue weighted by atomic mass is 10.1. The second kappa shape index (κ2) is 6.10. The van der Waals surface area contributed by atoms with Gasteiger partial charge in [-0.05, 0) is 35.2 Å². The lowest BCUT2D eigenvalue weighted by Gasteiger charge is -2.05. The smallest absolute Gasteiger partial charge is 0.0260 e. The first-order chi connectivity index (χ1) is 9.83. The molecule has 0 saturated heterocycles. The van der Waals surface area contributed by atoms with E-state index in [1.54, 1.807) is 0 Å². The Labute approximate surface area is 128 Å². The first-order valence-corrected chi connectivity index (χ1v) is 7.57. The molecule has 0 spiro atoms. The van der Waals surface area contributed by atoms with Crippen LogP contribution in [0.4, 0.5) is 0 Å². The zero-order valence-corrected chi connectivity index (χ0v) is 12.8. The molecular weight excluding hydrogens is 310 g/mol. The van der Waals surface area contributed by atoms with Crippen LogP contribution in [0.1, 0.15) is 5.56 Å². The molecule has 100 valence electrons. The van der Waals surface area contributed by atoms with Gasteiger partial charge in [-0.25, -0.2) is 0 Å². The van der Waals surface area contributed by atoms with Crippen molar-refractivity contribution in [1.29, 1.82) is 0 Å². The fraction of sp³-hybridized carbons (Fsp3) is 0.111. The summed E-state index contributed by atoms with van der Waals surface area (Å²) in [5.41, 5.74) is 3.90. The summed E-state index contributed by atoms with van der Waals surface area (Å²) in [5.74, 6) is 0. The average molecular weight is 326 g/mol. The molecule has 1 nitrogen and oxygen atoms in total. The van der Waals surface area contributed by atoms with Crippen molar-refractivity contribution >= 4 is 15.9 Å². The second-order valence-electron chi connectivity index (χ2n) is 4.85. The summed E-state index contributed by atoms with van der Waals surface area (Å²) in [6.45, 7) is 0.995. The lowest BCUT2D eigenvalue weighted by molar-refractivity contribution is 0.700. The van der Waals surface area contributed by atoms with E-state index in [4.69, 9.17) is 0 Å². The van der Waals surface area contributed by atoms with Crippen LogP contribution < -0.4 is 0 Å². The Bertz CT molecular complexity index is 685. The van der Waals surface area contributed by atoms with Gasteiger partial charge in [-0.1, -0.05) is 64.5 Å². The molecular formula is C18H16BrN. The third kappa shape index (κ3) is 3.02. The van der Waals surface area contributed by atoms with Crippen molar-refractivity contribution in [2.24, 2.45) is 0 Å². The van der Waals surface area contributed by atoms with Crippen LogP contribution in [0.5, 0.6) is 0 Å². The number of aromatic nitrogens is 1. The molecule has 3 aromatic rings. The van der Waals surface area contributed by atoms with Crippen LogP contribution in [-0.4, -0.2) is 4.57 Å². The molecule has 0 unspecified atom stereocenters. The van der Waals surface area contributed by atoms with Gasteiger partial charge in [0.15, 0.2) is 0 Å². The Morgan fingerprint density at radius 1 is 0.800 bits per heavy atom. The van der Waals surface area contributed by atoms with E-state index < -0.39 is 0 Å². The van der Waals surface area contributed by atoms with Gasteiger partial charge in [0.25, 0.3) is 0 Å². The highest BCUT2D eigenvalue weighted by Crippen LogP contribution is 2.20. The maximum absolute atomic E-state index is 3.60. The quantitative estimate of drug-likeness (QED) is 0.624. The number of aryl methyl sites for hydroxylation is 2. The molecule has 0 fully saturated rings. The number of hydrogen-bond acceptors (Lipinski definition) is 0. The zero-order chi connectivity index (χ0) is 13.8. The van der Waals surface area contributed by atoms with E-state index in [9.17, 15) is 0 Å². The maximum Gasteiger partial charge on any atom is 0.0260 e. The number of rotatable bonds is 4. The minimum Gasteiger partial charge on any atom is -0.353 e. The molecule has 0 N–H and O–H groups in total. The summed E-state index contributed by atoms with van der Waals surface area (Å²) >= 11 is 3.60. The van der Waals surface area contributed by atoms with Gasteiger partial charge < -0.3 is 4.57 Å². The second-order valence-corrected chi connectivity index (χ2v) is 5.70. The number of halogens is 1. The fourth-order valence-electron chi connectivity index (χ4n) is 2.33. The Balaban J connectivity index is 1.71. The third-order valence-electron chi connectivity index (χ3n) is 3.45. The molecule has 0 amide bonds. The Morgan fingerprint density at radius 2 is 1.55 bits per heavy atom. The largest absolute Gasteiger partial charge is 0.353 e. The molecule has 0 aliphatic heterocycles. The van der Waals surface area contributed by atoms with Crippen molar-refractivity contribution in [2.45, 2.75) is 13.0 Å². The number of benzene rings is 2. The molecule has 0 bridgehead atoms. The van der Waals surface area contributed by atoms with Crippen LogP contribution in [-0.2, 0) is 13.0 Å². The molecule has 0 atom stereocenters. The minimum absolute atomic E-state index is 0.995. The Kier molecular flexibility index (Phi) is 4.03. The van der Waals surface area contributed by atoms with Crippen LogP contribution >= 0.6 is 15.9 Å². The van der Waals surface area contributed by atoms with E-state index in [2.05, 4.69) is 87.5 Å². The van der Waals surface area contributed by atoms with Gasteiger partial charge in [0.1, 0.15) is 0 Å². The van der Waals surface area contributed by atoms with Gasteiger partial charge in [-0.15, -0.1) is 0 Å². The molecule has 0 saturated carbocycles. The van der Waals surface area contributed by atoms with E-state index in [0.29, 0.717) is 0 Å². The molecule has 0 aliphatic carbocycles. The van der Waals surface area contributed by atoms with E-state index in [1.165, 1.54) is 21.2 Å². The summed E-state index contributed by atoms with van der Waals surface area (Å²) < 4.78 is 3.44. The first kappa shape index (κ1) is 13.2. The molecule has 1 heterocycles. The SMILES string of the molecule is Brc1ccccc1CCn1ccc(-c2ccccc2)c1. The predicted molar refractivity (Wildman–Crippen MR) is 87.7 cm³/mol. The topological polar surface area (TPSA) is 4.93 Å². The Morgan fingerprint density at radius 3 is 2.35 bits per heavy atom. The average Bonchev–Trinajstić information content (AvgIpc) is 2.96. The van der Waals surface area contributed by atoms with Crippen LogP contribution in [0.25, 0.3) is 11.1 Å². The molecule has 2 heteroatoms. The van der Waals surface area contributed by atoms with Gasteiger partial charge in [0.05, 0.1) is 0 Å². The highest BCUT2D eigenvalue weighted by atomic mass is 79.9. The molecule has 2 aromatic carbocycles. The third-order valence-corrected chi connectivity index (χ3v) is 4.23. The van der Waals surface area contributed by atoms with Crippen molar-refractivity contribution < 1.29 is 0 Å². The summed E-state index contributed by atoms with van der Waals surface area (Å²) in [7, 11) is 0. The van der Waals surface area contributed by atoms with Crippen LogP contribution in [0, 0.1) is 0 Å². The minimum atomic E-state index is 0.995. The summed E-state index contributed by atoms with van der Waals surface area (Å²) in [4.78, 5) is 0. The molecule has 0 aliphatic rings. The summed E-state index contributed by atoms with van der Waals surface area (Å²) in [5, 5.41) is 0. The van der Waals surface area contributed by atoms with Gasteiger partial charge in [-0.3, -0.25) is 0 Å². The van der Waals surface area contributed by atoms with Crippen LogP contribution in [0.15, 0.2) is 77.5 Å². The highest BCUT2D eigenvalue weighted by Gasteiger charge is 2.02. The lowest BCUT2D eigenvalue weighted by Crippen LogP contribution is -1.98. The van der Waals surface area contributed by atoms with Gasteiger partial charge in [-0.2, -0.15) is 0 Å². The predicted octanol–water partition coefficient (Wildman–Crippen LogP) is 5.16. The van der Waals surface area contributed by atoms with E-state index in [0.717, 1.165) is 13.0 Å². The van der Waals surface area contributed by atoms with Crippen molar-refractivity contribution in [3.63, 3.8) is 0 Å². The monoisotopic (exact) mass is 325 g/mol. The van der Waals surface area contributed by atoms with Crippen LogP contribution in [0.2, 0.25) is 0 Å². The summed E-state index contributed by atoms with van der Waals surface area (Å²) in [6, 6.07) is 21.1. The van der Waals surface area contributed by atoms with E-state index in [-0.39, 0.29) is 0 Å². The van der Waals surface area contributed by atoms with Gasteiger partial charge in [0, 0.05) is 23.4 Å². The van der Waals surface area contributed by atoms with Crippen molar-refractivity contribution in [1.82, 2.24) is 4.57 Å². The van der Waals surface area contributed by atoms with Crippen molar-refractivity contribution in [3.05, 3.63) is 83.1 Å². The zero-order valence-electron chi connectivity index (χ0n) is 11.2. The van der Waals surface area contributed by atoms with Crippen LogP contribution in [0.3, 0.4) is 0 Å². The normalized spacial score (nSPS) is 10.7. The maximum atomic E-state index is 3.60. The number of nitrogens with zero attached hydrogens (tertiary/aromatic N) is 1. The summed E-state index contributed by atoms with van der Waals surface area (Å²) in [6.07, 6.45) is 5.40. The van der Waals surface area contributed by atoms with Gasteiger partial charge >= 0.3 is 0 Å². The van der Waals surface area contributed by atoms with E-state index >= 15 is 0 Å². The fourth-order valence-corrected chi connectivity index (χ4v) is 2.81. The highest BCUT2D eigenvalue weighted by molar-refractivity contribution is 9.10. The standard InChI is InChI=1S/C18H16BrN/c19-18-9-5-4-8-16(18)10-12-20-13-11-17(14-20)15-6-2-1-3-7-15/h1-9,11,13-14H,10,12H2. The number of hydrogen-bond donors (Lipinski definition) is 0. The molecule has 0 radical (unpaired) electrons. The molecule has 1 aromatic heterocycles. The van der Waals surface area contributed by atoms with Crippen molar-refractivity contribution in [3.8, 4) is 11.1 Å². The molecule has 3 rings (SSSR count). The molecule has 20 heavy (non-hydrogen) atoms. The van der Waals surface area contributed by atoms with Gasteiger partial charge in [0.2, 0.25) is 0 Å². The van der Waals surface area contributed by atoms with E-state index in [1.807, 2.05) is 6.07 Å². The first-order valence-electron chi connectivity index (χ1n) is 6.77. The van der Waals surface area contributed by atoms with Crippen molar-refractivity contribution in [2.75, 3.05) is 0 Å². The Hall–Kier alpha value is -1.80.